The molecule has 1 aromatic heterocycles. The van der Waals surface area contributed by atoms with Crippen molar-refractivity contribution in [2.75, 3.05) is 0 Å². The van der Waals surface area contributed by atoms with E-state index in [0.717, 1.165) is 5.56 Å². The van der Waals surface area contributed by atoms with E-state index >= 15 is 0 Å². The molecule has 2 aromatic rings. The third kappa shape index (κ3) is 2.85. The van der Waals surface area contributed by atoms with Crippen LogP contribution in [0, 0.1) is 6.92 Å². The van der Waals surface area contributed by atoms with Crippen molar-refractivity contribution in [2.45, 2.75) is 11.8 Å². The highest BCUT2D eigenvalue weighted by Gasteiger charge is 2.16. The molecule has 18 heavy (non-hydrogen) atoms. The molecule has 0 fully saturated rings. The highest BCUT2D eigenvalue weighted by Crippen LogP contribution is 2.25. The molecule has 0 saturated heterocycles. The van der Waals surface area contributed by atoms with Gasteiger partial charge in [-0.3, -0.25) is 0 Å². The largest absolute Gasteiger partial charge is 0.438 e. The first kappa shape index (κ1) is 12.5. The van der Waals surface area contributed by atoms with E-state index in [0.29, 0.717) is 5.75 Å². The van der Waals surface area contributed by atoms with Crippen LogP contribution in [0.5, 0.6) is 11.6 Å². The number of ether oxygens (including phenoxy) is 1. The normalized spacial score (nSPS) is 11.2. The smallest absolute Gasteiger partial charge is 0.243 e. The summed E-state index contributed by atoms with van der Waals surface area (Å²) in [5.41, 5.74) is 1.08. The van der Waals surface area contributed by atoms with Gasteiger partial charge < -0.3 is 4.74 Å². The van der Waals surface area contributed by atoms with E-state index in [1.54, 1.807) is 12.1 Å². The van der Waals surface area contributed by atoms with E-state index in [1.807, 2.05) is 19.1 Å². The molecule has 0 atom stereocenters. The van der Waals surface area contributed by atoms with Crippen molar-refractivity contribution >= 4 is 10.0 Å². The molecule has 2 rings (SSSR count). The van der Waals surface area contributed by atoms with Crippen molar-refractivity contribution < 1.29 is 13.2 Å². The molecule has 0 aliphatic rings. The quantitative estimate of drug-likeness (QED) is 0.916. The van der Waals surface area contributed by atoms with Crippen molar-refractivity contribution in [1.29, 1.82) is 0 Å². The number of hydrogen-bond donors (Lipinski definition) is 1. The minimum absolute atomic E-state index is 0.0242. The monoisotopic (exact) mass is 264 g/mol. The molecular weight excluding hydrogens is 252 g/mol. The van der Waals surface area contributed by atoms with Crippen molar-refractivity contribution in [3.8, 4) is 11.6 Å². The molecule has 0 spiro atoms. The Bertz CT molecular complexity index is 651. The summed E-state index contributed by atoms with van der Waals surface area (Å²) in [6, 6.07) is 10.0. The Morgan fingerprint density at radius 1 is 1.17 bits per heavy atom. The first-order chi connectivity index (χ1) is 8.47. The average Bonchev–Trinajstić information content (AvgIpc) is 2.31. The average molecular weight is 264 g/mol. The minimum atomic E-state index is -3.85. The van der Waals surface area contributed by atoms with Gasteiger partial charge in [-0.25, -0.2) is 18.5 Å². The van der Waals surface area contributed by atoms with Crippen molar-refractivity contribution in [1.82, 2.24) is 4.98 Å². The Hall–Kier alpha value is -1.92. The minimum Gasteiger partial charge on any atom is -0.438 e. The van der Waals surface area contributed by atoms with E-state index in [4.69, 9.17) is 9.88 Å². The Morgan fingerprint density at radius 2 is 1.83 bits per heavy atom. The second kappa shape index (κ2) is 4.75. The number of aromatic nitrogens is 1. The zero-order valence-electron chi connectivity index (χ0n) is 9.70. The van der Waals surface area contributed by atoms with Gasteiger partial charge in [0.1, 0.15) is 10.6 Å². The molecule has 0 bridgehead atoms. The fraction of sp³-hybridized carbons (Fsp3) is 0.0833. The van der Waals surface area contributed by atoms with Crippen LogP contribution in [0.25, 0.3) is 0 Å². The van der Waals surface area contributed by atoms with Gasteiger partial charge in [0, 0.05) is 6.20 Å². The van der Waals surface area contributed by atoms with Crippen LogP contribution >= 0.6 is 0 Å². The molecule has 0 amide bonds. The van der Waals surface area contributed by atoms with Gasteiger partial charge in [-0.05, 0) is 31.2 Å². The topological polar surface area (TPSA) is 82.3 Å². The van der Waals surface area contributed by atoms with Crippen LogP contribution in [0.4, 0.5) is 0 Å². The fourth-order valence-electron chi connectivity index (χ4n) is 1.39. The van der Waals surface area contributed by atoms with Gasteiger partial charge in [-0.15, -0.1) is 0 Å². The molecule has 1 aromatic carbocycles. The summed E-state index contributed by atoms with van der Waals surface area (Å²) in [4.78, 5) is 3.75. The lowest BCUT2D eigenvalue weighted by Gasteiger charge is -2.08. The van der Waals surface area contributed by atoms with Crippen LogP contribution in [0.1, 0.15) is 5.56 Å². The summed E-state index contributed by atoms with van der Waals surface area (Å²) in [6.07, 6.45) is 1.44. The second-order valence-electron chi connectivity index (χ2n) is 3.77. The Labute approximate surface area is 105 Å². The van der Waals surface area contributed by atoms with Crippen LogP contribution in [0.3, 0.4) is 0 Å². The van der Waals surface area contributed by atoms with Crippen molar-refractivity contribution in [3.05, 3.63) is 48.2 Å². The fourth-order valence-corrected chi connectivity index (χ4v) is 1.99. The zero-order chi connectivity index (χ0) is 13.2. The van der Waals surface area contributed by atoms with Gasteiger partial charge in [0.05, 0.1) is 0 Å². The van der Waals surface area contributed by atoms with E-state index in [2.05, 4.69) is 4.98 Å². The van der Waals surface area contributed by atoms with Crippen molar-refractivity contribution in [3.63, 3.8) is 0 Å². The lowest BCUT2D eigenvalue weighted by atomic mass is 10.2. The molecule has 0 unspecified atom stereocenters. The molecule has 1 heterocycles. The maximum atomic E-state index is 11.4. The molecule has 0 radical (unpaired) electrons. The number of rotatable bonds is 3. The molecule has 5 nitrogen and oxygen atoms in total. The van der Waals surface area contributed by atoms with E-state index in [-0.39, 0.29) is 10.8 Å². The zero-order valence-corrected chi connectivity index (χ0v) is 10.5. The summed E-state index contributed by atoms with van der Waals surface area (Å²) in [6.45, 7) is 1.94. The SMILES string of the molecule is Cc1ccc(Oc2ncccc2S(N)(=O)=O)cc1. The van der Waals surface area contributed by atoms with E-state index < -0.39 is 10.0 Å². The van der Waals surface area contributed by atoms with Gasteiger partial charge in [0.2, 0.25) is 15.9 Å². The summed E-state index contributed by atoms with van der Waals surface area (Å²) < 4.78 is 28.1. The van der Waals surface area contributed by atoms with Gasteiger partial charge in [0.15, 0.2) is 0 Å². The Balaban J connectivity index is 2.38. The maximum absolute atomic E-state index is 11.4. The number of hydrogen-bond acceptors (Lipinski definition) is 4. The number of pyridine rings is 1. The van der Waals surface area contributed by atoms with Crippen LogP contribution in [0.2, 0.25) is 0 Å². The number of aryl methyl sites for hydroxylation is 1. The summed E-state index contributed by atoms with van der Waals surface area (Å²) in [5.74, 6) is 0.480. The lowest BCUT2D eigenvalue weighted by Crippen LogP contribution is -2.13. The standard InChI is InChI=1S/C12H12N2O3S/c1-9-4-6-10(7-5-9)17-12-11(18(13,15)16)3-2-8-14-12/h2-8H,1H3,(H2,13,15,16). The lowest BCUT2D eigenvalue weighted by molar-refractivity contribution is 0.447. The van der Waals surface area contributed by atoms with Gasteiger partial charge >= 0.3 is 0 Å². The third-order valence-corrected chi connectivity index (χ3v) is 3.20. The second-order valence-corrected chi connectivity index (χ2v) is 5.30. The number of primary sulfonamides is 1. The molecule has 6 heteroatoms. The first-order valence-electron chi connectivity index (χ1n) is 5.19. The first-order valence-corrected chi connectivity index (χ1v) is 6.74. The summed E-state index contributed by atoms with van der Waals surface area (Å²) in [5, 5.41) is 5.09. The number of sulfonamides is 1. The van der Waals surface area contributed by atoms with Gasteiger partial charge in [0.25, 0.3) is 0 Å². The highest BCUT2D eigenvalue weighted by atomic mass is 32.2. The number of benzene rings is 1. The highest BCUT2D eigenvalue weighted by molar-refractivity contribution is 7.89. The molecule has 0 saturated carbocycles. The molecule has 94 valence electrons. The maximum Gasteiger partial charge on any atom is 0.243 e. The predicted octanol–water partition coefficient (Wildman–Crippen LogP) is 1.83. The van der Waals surface area contributed by atoms with Crippen LogP contribution < -0.4 is 9.88 Å². The van der Waals surface area contributed by atoms with Crippen LogP contribution in [-0.4, -0.2) is 13.4 Å². The molecule has 0 aliphatic heterocycles. The third-order valence-electron chi connectivity index (χ3n) is 2.28. The van der Waals surface area contributed by atoms with Gasteiger partial charge in [-0.1, -0.05) is 17.7 Å². The number of nitrogens with two attached hydrogens (primary N) is 1. The number of nitrogens with zero attached hydrogens (tertiary/aromatic N) is 1. The molecule has 2 N–H and O–H groups in total. The molecular formula is C12H12N2O3S. The van der Waals surface area contributed by atoms with E-state index in [9.17, 15) is 8.42 Å². The Morgan fingerprint density at radius 3 is 2.44 bits per heavy atom. The van der Waals surface area contributed by atoms with Crippen LogP contribution in [-0.2, 0) is 10.0 Å². The Kier molecular flexibility index (Phi) is 3.31. The van der Waals surface area contributed by atoms with Crippen molar-refractivity contribution in [2.24, 2.45) is 5.14 Å². The van der Waals surface area contributed by atoms with Gasteiger partial charge in [-0.2, -0.15) is 0 Å². The van der Waals surface area contributed by atoms with E-state index in [1.165, 1.54) is 18.3 Å². The molecule has 0 aliphatic carbocycles. The summed E-state index contributed by atoms with van der Waals surface area (Å²) in [7, 11) is -3.85. The van der Waals surface area contributed by atoms with Crippen LogP contribution in [0.15, 0.2) is 47.5 Å². The predicted molar refractivity (Wildman–Crippen MR) is 66.9 cm³/mol. The summed E-state index contributed by atoms with van der Waals surface area (Å²) >= 11 is 0.